The average molecular weight is 598 g/mol. The fraction of sp³-hybridized carbons (Fsp3) is 1.00. The van der Waals surface area contributed by atoms with E-state index in [0.29, 0.717) is 6.54 Å². The van der Waals surface area contributed by atoms with Crippen molar-refractivity contribution in [3.8, 4) is 0 Å². The maximum absolute atomic E-state index is 13.7. The molecular formula is C38H79NO3. The van der Waals surface area contributed by atoms with E-state index in [2.05, 4.69) is 20.8 Å². The lowest BCUT2D eigenvalue weighted by Crippen LogP contribution is -2.52. The quantitative estimate of drug-likeness (QED) is 0.0434. The Bertz CT molecular complexity index is 479. The molecular weight excluding hydrogens is 518 g/mol. The normalized spacial score (nSPS) is 14.7. The lowest BCUT2D eigenvalue weighted by molar-refractivity contribution is -0.887. The van der Waals surface area contributed by atoms with Gasteiger partial charge in [-0.15, -0.1) is 0 Å². The summed E-state index contributed by atoms with van der Waals surface area (Å²) in [6, 6.07) is 0. The summed E-state index contributed by atoms with van der Waals surface area (Å²) in [4.78, 5) is 0. The Morgan fingerprint density at radius 1 is 0.381 bits per heavy atom. The number of hydrogen-bond acceptors (Lipinski definition) is 3. The van der Waals surface area contributed by atoms with Crippen molar-refractivity contribution in [1.82, 2.24) is 0 Å². The minimum atomic E-state index is -0.546. The van der Waals surface area contributed by atoms with Crippen LogP contribution in [0.4, 0.5) is 0 Å². The van der Waals surface area contributed by atoms with Gasteiger partial charge in [0, 0.05) is 0 Å². The van der Waals surface area contributed by atoms with E-state index in [4.69, 9.17) is 0 Å². The maximum atomic E-state index is 13.7. The average Bonchev–Trinajstić information content (AvgIpc) is 2.96. The molecule has 42 heavy (non-hydrogen) atoms. The highest BCUT2D eigenvalue weighted by Crippen LogP contribution is 2.19. The first kappa shape index (κ1) is 41.8. The zero-order chi connectivity index (χ0) is 31.0. The minimum Gasteiger partial charge on any atom is -0.633 e. The van der Waals surface area contributed by atoms with Crippen LogP contribution in [0.15, 0.2) is 0 Å². The van der Waals surface area contributed by atoms with Crippen molar-refractivity contribution in [1.29, 1.82) is 0 Å². The Balaban J connectivity index is 4.09. The van der Waals surface area contributed by atoms with Crippen LogP contribution < -0.4 is 0 Å². The van der Waals surface area contributed by atoms with Crippen molar-refractivity contribution in [2.75, 3.05) is 19.6 Å². The van der Waals surface area contributed by atoms with Crippen molar-refractivity contribution in [3.05, 3.63) is 5.21 Å². The molecule has 0 heterocycles. The van der Waals surface area contributed by atoms with Crippen molar-refractivity contribution >= 4 is 0 Å². The summed E-state index contributed by atoms with van der Waals surface area (Å²) in [6.45, 7) is 7.77. The molecule has 0 radical (unpaired) electrons. The van der Waals surface area contributed by atoms with Gasteiger partial charge in [0.15, 0.2) is 0 Å². The lowest BCUT2D eigenvalue weighted by Gasteiger charge is -2.45. The second kappa shape index (κ2) is 32.2. The van der Waals surface area contributed by atoms with E-state index in [0.717, 1.165) is 64.2 Å². The Hall–Kier alpha value is -0.160. The van der Waals surface area contributed by atoms with Crippen molar-refractivity contribution in [2.24, 2.45) is 0 Å². The molecule has 0 amide bonds. The van der Waals surface area contributed by atoms with Crippen LogP contribution in [0.2, 0.25) is 0 Å². The Kier molecular flexibility index (Phi) is 32.1. The molecule has 0 aliphatic heterocycles. The van der Waals surface area contributed by atoms with Crippen molar-refractivity contribution in [2.45, 2.75) is 226 Å². The van der Waals surface area contributed by atoms with Gasteiger partial charge in [0.1, 0.15) is 25.3 Å². The molecule has 2 unspecified atom stereocenters. The largest absolute Gasteiger partial charge is 0.633 e. The third kappa shape index (κ3) is 29.9. The summed E-state index contributed by atoms with van der Waals surface area (Å²) in [5.41, 5.74) is 0. The van der Waals surface area contributed by atoms with Gasteiger partial charge in [-0.1, -0.05) is 188 Å². The van der Waals surface area contributed by atoms with Crippen molar-refractivity contribution < 1.29 is 14.9 Å². The zero-order valence-electron chi connectivity index (χ0n) is 29.2. The van der Waals surface area contributed by atoms with Crippen LogP contribution in [0.3, 0.4) is 0 Å². The monoisotopic (exact) mass is 598 g/mol. The smallest absolute Gasteiger partial charge is 0.105 e. The van der Waals surface area contributed by atoms with E-state index in [1.165, 1.54) is 128 Å². The topological polar surface area (TPSA) is 63.5 Å². The third-order valence-corrected chi connectivity index (χ3v) is 9.29. The summed E-state index contributed by atoms with van der Waals surface area (Å²) in [5, 5.41) is 35.2. The highest BCUT2D eigenvalue weighted by Gasteiger charge is 2.24. The Labute approximate surface area is 265 Å². The van der Waals surface area contributed by atoms with Gasteiger partial charge >= 0.3 is 0 Å². The summed E-state index contributed by atoms with van der Waals surface area (Å²) < 4.78 is -0.414. The highest BCUT2D eigenvalue weighted by molar-refractivity contribution is 4.63. The SMILES string of the molecule is CCCCCCCCCCCCCCC(O)C[N+]([O-])(CCCCCC)CC(O)CCCCCCCCCCCCCC. The molecule has 4 heteroatoms. The molecule has 0 aliphatic rings. The van der Waals surface area contributed by atoms with E-state index >= 15 is 0 Å². The van der Waals surface area contributed by atoms with Crippen LogP contribution in [-0.2, 0) is 0 Å². The van der Waals surface area contributed by atoms with Gasteiger partial charge in [-0.25, -0.2) is 0 Å². The van der Waals surface area contributed by atoms with Gasteiger partial charge in [0.05, 0.1) is 6.54 Å². The highest BCUT2D eigenvalue weighted by atomic mass is 16.5. The van der Waals surface area contributed by atoms with Gasteiger partial charge < -0.3 is 20.1 Å². The maximum Gasteiger partial charge on any atom is 0.105 e. The number of quaternary nitrogens is 1. The van der Waals surface area contributed by atoms with Gasteiger partial charge in [-0.2, -0.15) is 0 Å². The number of rotatable bonds is 35. The first-order valence-corrected chi connectivity index (χ1v) is 19.4. The zero-order valence-corrected chi connectivity index (χ0v) is 29.2. The first-order chi connectivity index (χ1) is 20.5. The Morgan fingerprint density at radius 2 is 0.619 bits per heavy atom. The molecule has 0 aromatic carbocycles. The van der Waals surface area contributed by atoms with Gasteiger partial charge in [-0.05, 0) is 25.7 Å². The van der Waals surface area contributed by atoms with Crippen molar-refractivity contribution in [3.63, 3.8) is 0 Å². The molecule has 254 valence electrons. The molecule has 0 aromatic heterocycles. The molecule has 0 spiro atoms. The Morgan fingerprint density at radius 3 is 0.905 bits per heavy atom. The van der Waals surface area contributed by atoms with Gasteiger partial charge in [-0.3, -0.25) is 0 Å². The first-order valence-electron chi connectivity index (χ1n) is 19.4. The molecule has 4 nitrogen and oxygen atoms in total. The number of nitrogens with zero attached hydrogens (tertiary/aromatic N) is 1. The van der Waals surface area contributed by atoms with E-state index < -0.39 is 16.9 Å². The second-order valence-electron chi connectivity index (χ2n) is 13.9. The molecule has 0 rings (SSSR count). The van der Waals surface area contributed by atoms with Crippen LogP contribution in [0.25, 0.3) is 0 Å². The minimum absolute atomic E-state index is 0.250. The van der Waals surface area contributed by atoms with Crippen LogP contribution in [0.5, 0.6) is 0 Å². The molecule has 0 aliphatic carbocycles. The van der Waals surface area contributed by atoms with E-state index in [-0.39, 0.29) is 13.1 Å². The fourth-order valence-corrected chi connectivity index (χ4v) is 6.48. The summed E-state index contributed by atoms with van der Waals surface area (Å²) >= 11 is 0. The molecule has 0 bridgehead atoms. The number of unbranched alkanes of at least 4 members (excludes halogenated alkanes) is 25. The van der Waals surface area contributed by atoms with Crippen LogP contribution in [0.1, 0.15) is 213 Å². The number of aliphatic hydroxyl groups excluding tert-OH is 2. The molecule has 0 saturated heterocycles. The van der Waals surface area contributed by atoms with Crippen LogP contribution in [0, 0.1) is 5.21 Å². The fourth-order valence-electron chi connectivity index (χ4n) is 6.48. The molecule has 2 atom stereocenters. The van der Waals surface area contributed by atoms with Gasteiger partial charge in [0.2, 0.25) is 0 Å². The predicted octanol–water partition coefficient (Wildman–Crippen LogP) is 11.8. The molecule has 2 N–H and O–H groups in total. The second-order valence-corrected chi connectivity index (χ2v) is 13.9. The van der Waals surface area contributed by atoms with E-state index in [9.17, 15) is 15.4 Å². The number of hydroxylamine groups is 3. The standard InChI is InChI=1S/C38H79NO3/c1-4-7-10-13-15-17-19-21-23-25-27-29-32-37(40)35-39(42,34-31-12-9-6-3)36-38(41)33-30-28-26-24-22-20-18-16-14-11-8-5-2/h37-38,40-41H,4-36H2,1-3H3. The van der Waals surface area contributed by atoms with Crippen LogP contribution in [-0.4, -0.2) is 46.7 Å². The summed E-state index contributed by atoms with van der Waals surface area (Å²) in [5.74, 6) is 0. The molecule has 0 aromatic rings. The third-order valence-electron chi connectivity index (χ3n) is 9.29. The predicted molar refractivity (Wildman–Crippen MR) is 186 cm³/mol. The summed E-state index contributed by atoms with van der Waals surface area (Å²) in [6.07, 6.45) is 36.1. The van der Waals surface area contributed by atoms with Gasteiger partial charge in [0.25, 0.3) is 0 Å². The molecule has 0 saturated carbocycles. The number of hydrogen-bond donors (Lipinski definition) is 2. The van der Waals surface area contributed by atoms with E-state index in [1.54, 1.807) is 0 Å². The summed E-state index contributed by atoms with van der Waals surface area (Å²) in [7, 11) is 0. The lowest BCUT2D eigenvalue weighted by atomic mass is 10.0. The molecule has 0 fully saturated rings. The number of aliphatic hydroxyl groups is 2. The van der Waals surface area contributed by atoms with E-state index in [1.807, 2.05) is 0 Å². The van der Waals surface area contributed by atoms with Crippen LogP contribution >= 0.6 is 0 Å².